The Morgan fingerprint density at radius 2 is 1.96 bits per heavy atom. The normalized spacial score (nSPS) is 13.8. The van der Waals surface area contributed by atoms with E-state index in [-0.39, 0.29) is 11.8 Å². The molecule has 28 heavy (non-hydrogen) atoms. The molecule has 2 aromatic rings. The van der Waals surface area contributed by atoms with E-state index in [0.29, 0.717) is 18.5 Å². The fourth-order valence-electron chi connectivity index (χ4n) is 2.74. The van der Waals surface area contributed by atoms with Gasteiger partial charge in [0.05, 0.1) is 12.1 Å². The van der Waals surface area contributed by atoms with E-state index < -0.39 is 25.0 Å². The van der Waals surface area contributed by atoms with E-state index >= 15 is 0 Å². The number of nitrogens with one attached hydrogen (secondary N) is 1. The summed E-state index contributed by atoms with van der Waals surface area (Å²) in [5.41, 5.74) is 7.30. The fourth-order valence-corrected chi connectivity index (χ4v) is 2.74. The molecule has 1 heterocycles. The van der Waals surface area contributed by atoms with Crippen molar-refractivity contribution >= 4 is 18.9 Å². The first kappa shape index (κ1) is 21.5. The number of amides is 1. The van der Waals surface area contributed by atoms with Crippen molar-refractivity contribution in [2.24, 2.45) is 16.6 Å². The predicted molar refractivity (Wildman–Crippen MR) is 108 cm³/mol. The Balaban J connectivity index is 2.25. The molecular weight excluding hydrogens is 357 g/mol. The van der Waals surface area contributed by atoms with Crippen LogP contribution in [-0.2, 0) is 11.2 Å². The third kappa shape index (κ3) is 6.75. The summed E-state index contributed by atoms with van der Waals surface area (Å²) in [4.78, 5) is 25.3. The second kappa shape index (κ2) is 10.5. The molecule has 0 fully saturated rings. The summed E-state index contributed by atoms with van der Waals surface area (Å²) in [6.45, 7) is 3.88. The van der Waals surface area contributed by atoms with Crippen LogP contribution in [0, 0.1) is 5.92 Å². The number of carbonyl (C=O) groups excluding carboxylic acids is 1. The van der Waals surface area contributed by atoms with Gasteiger partial charge in [-0.1, -0.05) is 44.2 Å². The lowest BCUT2D eigenvalue weighted by molar-refractivity contribution is -0.122. The van der Waals surface area contributed by atoms with Gasteiger partial charge in [0.25, 0.3) is 0 Å². The maximum atomic E-state index is 12.9. The Hall–Kier alpha value is -2.78. The average molecular weight is 383 g/mol. The molecule has 0 saturated heterocycles. The highest BCUT2D eigenvalue weighted by molar-refractivity contribution is 6.43. The van der Waals surface area contributed by atoms with Gasteiger partial charge in [-0.05, 0) is 17.9 Å². The number of nitrogens with two attached hydrogens (primary N) is 1. The van der Waals surface area contributed by atoms with Crippen LogP contribution in [-0.4, -0.2) is 50.9 Å². The first-order valence-electron chi connectivity index (χ1n) is 9.17. The number of carbonyl (C=O) groups is 1. The van der Waals surface area contributed by atoms with Crippen molar-refractivity contribution in [2.75, 3.05) is 0 Å². The molecule has 2 atom stereocenters. The van der Waals surface area contributed by atoms with Gasteiger partial charge in [-0.25, -0.2) is 4.98 Å². The summed E-state index contributed by atoms with van der Waals surface area (Å²) in [5.74, 6) is -0.963. The highest BCUT2D eigenvalue weighted by atomic mass is 16.4. The van der Waals surface area contributed by atoms with Crippen molar-refractivity contribution in [3.63, 3.8) is 0 Å². The number of hydrogen-bond acceptors (Lipinski definition) is 6. The molecule has 0 aliphatic rings. The first-order valence-corrected chi connectivity index (χ1v) is 9.17. The maximum absolute atomic E-state index is 12.9. The molecule has 0 radical (unpaired) electrons. The van der Waals surface area contributed by atoms with Gasteiger partial charge in [-0.15, -0.1) is 0 Å². The number of aromatic nitrogens is 2. The molecule has 0 saturated carbocycles. The zero-order valence-corrected chi connectivity index (χ0v) is 16.1. The lowest BCUT2D eigenvalue weighted by atomic mass is 9.75. The van der Waals surface area contributed by atoms with Crippen molar-refractivity contribution in [3.8, 4) is 0 Å². The maximum Gasteiger partial charge on any atom is 0.475 e. The van der Waals surface area contributed by atoms with Gasteiger partial charge in [0.1, 0.15) is 17.6 Å². The predicted octanol–water partition coefficient (Wildman–Crippen LogP) is 0.336. The van der Waals surface area contributed by atoms with E-state index in [0.717, 1.165) is 5.56 Å². The number of hydrogen-bond donors (Lipinski definition) is 4. The molecule has 0 bridgehead atoms. The quantitative estimate of drug-likeness (QED) is 0.280. The molecule has 1 aromatic carbocycles. The van der Waals surface area contributed by atoms with E-state index in [4.69, 9.17) is 5.73 Å². The largest absolute Gasteiger partial charge is 0.475 e. The van der Waals surface area contributed by atoms with E-state index in [1.807, 2.05) is 44.2 Å². The summed E-state index contributed by atoms with van der Waals surface area (Å²) < 4.78 is 0. The third-order valence-corrected chi connectivity index (χ3v) is 4.11. The number of nitrogens with zero attached hydrogens (tertiary/aromatic N) is 3. The molecule has 1 aromatic heterocycles. The van der Waals surface area contributed by atoms with Crippen LogP contribution in [0.15, 0.2) is 53.9 Å². The van der Waals surface area contributed by atoms with Crippen LogP contribution in [0.4, 0.5) is 0 Å². The fraction of sp³-hybridized carbons (Fsp3) is 0.368. The highest BCUT2D eigenvalue weighted by Gasteiger charge is 2.29. The van der Waals surface area contributed by atoms with E-state index in [2.05, 4.69) is 20.3 Å². The Morgan fingerprint density at radius 1 is 1.25 bits per heavy atom. The van der Waals surface area contributed by atoms with Crippen molar-refractivity contribution in [1.29, 1.82) is 0 Å². The summed E-state index contributed by atoms with van der Waals surface area (Å²) in [6, 6.07) is 8.56. The SMILES string of the molecule is CC(C)C[C@H](NC(=O)[C@H](Cc1ccccc1)N=C(N)c1cnccn1)B(O)O. The van der Waals surface area contributed by atoms with Gasteiger partial charge in [-0.2, -0.15) is 0 Å². The van der Waals surface area contributed by atoms with E-state index in [9.17, 15) is 14.8 Å². The van der Waals surface area contributed by atoms with Crippen LogP contribution in [0.3, 0.4) is 0 Å². The smallest absolute Gasteiger partial charge is 0.426 e. The van der Waals surface area contributed by atoms with E-state index in [1.54, 1.807) is 0 Å². The standard InChI is InChI=1S/C19H26BN5O3/c1-13(2)10-17(20(27)28)25-19(26)15(11-14-6-4-3-5-7-14)24-18(21)16-12-22-8-9-23-16/h3-9,12-13,15,17,27-28H,10-11H2,1-2H3,(H2,21,24)(H,25,26)/t15-,17-/m0/s1. The molecule has 2 rings (SSSR count). The third-order valence-electron chi connectivity index (χ3n) is 4.11. The lowest BCUT2D eigenvalue weighted by Gasteiger charge is -2.22. The van der Waals surface area contributed by atoms with Crippen molar-refractivity contribution in [1.82, 2.24) is 15.3 Å². The zero-order valence-electron chi connectivity index (χ0n) is 16.1. The Morgan fingerprint density at radius 3 is 2.54 bits per heavy atom. The minimum absolute atomic E-state index is 0.0918. The molecule has 9 heteroatoms. The van der Waals surface area contributed by atoms with Crippen molar-refractivity contribution in [3.05, 3.63) is 60.2 Å². The number of rotatable bonds is 9. The number of benzene rings is 1. The second-order valence-corrected chi connectivity index (χ2v) is 6.97. The van der Waals surface area contributed by atoms with Crippen LogP contribution in [0.2, 0.25) is 0 Å². The highest BCUT2D eigenvalue weighted by Crippen LogP contribution is 2.10. The summed E-state index contributed by atoms with van der Waals surface area (Å²) in [6.07, 6.45) is 5.21. The average Bonchev–Trinajstić information content (AvgIpc) is 2.68. The Labute approximate surface area is 165 Å². The molecule has 0 spiro atoms. The molecule has 5 N–H and O–H groups in total. The summed E-state index contributed by atoms with van der Waals surface area (Å²) in [7, 11) is -1.66. The van der Waals surface area contributed by atoms with Gasteiger partial charge in [0, 0.05) is 18.8 Å². The molecular formula is C19H26BN5O3. The Kier molecular flexibility index (Phi) is 8.10. The van der Waals surface area contributed by atoms with Crippen LogP contribution in [0.5, 0.6) is 0 Å². The molecule has 0 aliphatic carbocycles. The second-order valence-electron chi connectivity index (χ2n) is 6.97. The molecule has 1 amide bonds. The lowest BCUT2D eigenvalue weighted by Crippen LogP contribution is -2.50. The minimum Gasteiger partial charge on any atom is -0.426 e. The summed E-state index contributed by atoms with van der Waals surface area (Å²) >= 11 is 0. The van der Waals surface area contributed by atoms with Crippen molar-refractivity contribution < 1.29 is 14.8 Å². The van der Waals surface area contributed by atoms with Gasteiger partial charge in [-0.3, -0.25) is 14.8 Å². The summed E-state index contributed by atoms with van der Waals surface area (Å²) in [5, 5.41) is 21.9. The van der Waals surface area contributed by atoms with Crippen LogP contribution < -0.4 is 11.1 Å². The van der Waals surface area contributed by atoms with Crippen LogP contribution >= 0.6 is 0 Å². The molecule has 8 nitrogen and oxygen atoms in total. The number of amidine groups is 1. The van der Waals surface area contributed by atoms with Crippen molar-refractivity contribution in [2.45, 2.75) is 38.7 Å². The first-order chi connectivity index (χ1) is 13.4. The zero-order chi connectivity index (χ0) is 20.5. The van der Waals surface area contributed by atoms with E-state index in [1.165, 1.54) is 18.6 Å². The molecule has 0 unspecified atom stereocenters. The monoisotopic (exact) mass is 383 g/mol. The Bertz CT molecular complexity index is 772. The van der Waals surface area contributed by atoms with Gasteiger partial charge in [0.15, 0.2) is 0 Å². The minimum atomic E-state index is -1.66. The van der Waals surface area contributed by atoms with Crippen LogP contribution in [0.25, 0.3) is 0 Å². The molecule has 0 aliphatic heterocycles. The topological polar surface area (TPSA) is 134 Å². The van der Waals surface area contributed by atoms with Gasteiger partial charge in [0.2, 0.25) is 5.91 Å². The van der Waals surface area contributed by atoms with Gasteiger partial charge < -0.3 is 21.1 Å². The van der Waals surface area contributed by atoms with Gasteiger partial charge >= 0.3 is 7.12 Å². The van der Waals surface area contributed by atoms with Crippen LogP contribution in [0.1, 0.15) is 31.5 Å². The molecule has 148 valence electrons. The number of aliphatic imine (C=N–C) groups is 1.